The molecule has 0 saturated heterocycles. The highest BCUT2D eigenvalue weighted by atomic mass is 32.1. The van der Waals surface area contributed by atoms with Gasteiger partial charge in [0.05, 0.1) is 22.5 Å². The minimum Gasteiger partial charge on any atom is -0.335 e. The predicted octanol–water partition coefficient (Wildman–Crippen LogP) is 16.7. The molecule has 2 aliphatic carbocycles. The van der Waals surface area contributed by atoms with E-state index in [1.807, 2.05) is 11.3 Å². The lowest BCUT2D eigenvalue weighted by atomic mass is 9.33. The summed E-state index contributed by atoms with van der Waals surface area (Å²) < 4.78 is 2.72. The van der Waals surface area contributed by atoms with Crippen LogP contribution in [0.25, 0.3) is 20.2 Å². The molecule has 6 aromatic carbocycles. The summed E-state index contributed by atoms with van der Waals surface area (Å²) in [5, 5.41) is 2.76. The molecule has 4 aliphatic heterocycles. The smallest absolute Gasteiger partial charge is 0.252 e. The highest BCUT2D eigenvalue weighted by Gasteiger charge is 2.63. The topological polar surface area (TPSA) is 9.72 Å². The summed E-state index contributed by atoms with van der Waals surface area (Å²) in [6.07, 6.45) is 9.81. The van der Waals surface area contributed by atoms with E-state index in [4.69, 9.17) is 0 Å². The van der Waals surface area contributed by atoms with Crippen molar-refractivity contribution >= 4 is 94.4 Å². The van der Waals surface area contributed by atoms with Crippen molar-refractivity contribution in [2.24, 2.45) is 0 Å². The van der Waals surface area contributed by atoms with E-state index in [1.54, 1.807) is 11.1 Å². The Bertz CT molecular complexity index is 3440. The van der Waals surface area contributed by atoms with Crippen molar-refractivity contribution in [3.8, 4) is 0 Å². The monoisotopic (exact) mass is 954 g/mol. The summed E-state index contributed by atoms with van der Waals surface area (Å²) >= 11 is 1.96. The van der Waals surface area contributed by atoms with E-state index in [1.165, 1.54) is 156 Å². The van der Waals surface area contributed by atoms with Crippen molar-refractivity contribution in [2.45, 2.75) is 193 Å². The fourth-order valence-electron chi connectivity index (χ4n) is 15.8. The predicted molar refractivity (Wildman–Crippen MR) is 310 cm³/mol. The SMILES string of the molecule is Cc1cc(C(C)(C)C)cc(C)c1N1c2cc(N3c4ccc(C(C)(C)C)cc4C4(C)CCCCC34C)cc3c2B(c2cc(C(C)(C)C)cc4c2N3C2(C)CCCCC42C)c2ccc3sc4ccccc4c3c21. The van der Waals surface area contributed by atoms with Gasteiger partial charge in [0.1, 0.15) is 0 Å². The van der Waals surface area contributed by atoms with Crippen molar-refractivity contribution in [1.29, 1.82) is 0 Å². The van der Waals surface area contributed by atoms with E-state index in [0.29, 0.717) is 0 Å². The Kier molecular flexibility index (Phi) is 9.29. The molecular formula is C66H76BN3S. The fraction of sp³-hybridized carbons (Fsp3) is 0.455. The maximum Gasteiger partial charge on any atom is 0.252 e. The first-order valence-corrected chi connectivity index (χ1v) is 28.2. The maximum atomic E-state index is 2.98. The molecule has 0 radical (unpaired) electrons. The first kappa shape index (κ1) is 45.8. The van der Waals surface area contributed by atoms with Gasteiger partial charge in [-0.25, -0.2) is 0 Å². The number of anilines is 7. The van der Waals surface area contributed by atoms with E-state index < -0.39 is 0 Å². The van der Waals surface area contributed by atoms with Gasteiger partial charge in [-0.1, -0.05) is 163 Å². The molecule has 0 N–H and O–H groups in total. The van der Waals surface area contributed by atoms with Gasteiger partial charge in [0, 0.05) is 59.4 Å². The van der Waals surface area contributed by atoms with Crippen LogP contribution in [0.1, 0.15) is 180 Å². The normalized spacial score (nSPS) is 25.3. The highest BCUT2D eigenvalue weighted by Crippen LogP contribution is 2.65. The summed E-state index contributed by atoms with van der Waals surface area (Å²) in [5.41, 5.74) is 24.2. The Hall–Kier alpha value is -5.00. The Morgan fingerprint density at radius 3 is 1.73 bits per heavy atom. The molecule has 13 rings (SSSR count). The van der Waals surface area contributed by atoms with Crippen molar-refractivity contribution in [1.82, 2.24) is 0 Å². The second-order valence-electron chi connectivity index (χ2n) is 27.3. The van der Waals surface area contributed by atoms with Crippen LogP contribution in [0.15, 0.2) is 91.0 Å². The van der Waals surface area contributed by atoms with Crippen LogP contribution in [0, 0.1) is 13.8 Å². The van der Waals surface area contributed by atoms with Crippen LogP contribution in [-0.4, -0.2) is 17.8 Å². The largest absolute Gasteiger partial charge is 0.335 e. The maximum absolute atomic E-state index is 2.98. The number of fused-ring (bicyclic) bond motifs is 14. The van der Waals surface area contributed by atoms with E-state index in [9.17, 15) is 0 Å². The zero-order valence-corrected chi connectivity index (χ0v) is 46.5. The van der Waals surface area contributed by atoms with E-state index in [-0.39, 0.29) is 44.9 Å². The third-order valence-corrected chi connectivity index (χ3v) is 21.3. The number of rotatable bonds is 2. The zero-order chi connectivity index (χ0) is 49.9. The molecule has 4 atom stereocenters. The van der Waals surface area contributed by atoms with Crippen LogP contribution in [-0.2, 0) is 27.1 Å². The number of aryl methyl sites for hydroxylation is 2. The van der Waals surface area contributed by atoms with Crippen molar-refractivity contribution < 1.29 is 0 Å². The summed E-state index contributed by atoms with van der Waals surface area (Å²) in [6, 6.07) is 37.8. The summed E-state index contributed by atoms with van der Waals surface area (Å²) in [6.45, 7) is 37.0. The van der Waals surface area contributed by atoms with Crippen LogP contribution >= 0.6 is 11.3 Å². The number of hydrogen-bond donors (Lipinski definition) is 0. The Morgan fingerprint density at radius 2 is 1.07 bits per heavy atom. The van der Waals surface area contributed by atoms with Crippen molar-refractivity contribution in [2.75, 3.05) is 14.7 Å². The summed E-state index contributed by atoms with van der Waals surface area (Å²) in [4.78, 5) is 8.70. The van der Waals surface area contributed by atoms with E-state index >= 15 is 0 Å². The molecule has 5 heteroatoms. The third-order valence-electron chi connectivity index (χ3n) is 20.2. The lowest BCUT2D eigenvalue weighted by Crippen LogP contribution is -2.64. The standard InChI is InChI=1S/C66H76BN3S/c1-39-32-42(61(6,7)8)33-40(2)57(39)68-51-37-44(69-50-26-24-41(60(3,4)5)34-46(50)63(12)28-18-20-30-65(63,69)14)38-52-56(51)67(48-25-27-54-55(59(48)68)45-22-16-17-23-53(45)71-54)49-36-43(62(9,10)11)35-47-58(49)70(52)66(15)31-21-19-29-64(47,66)13/h16-17,22-27,32-38H,18-21,28-31H2,1-15H3. The molecular weight excluding hydrogens is 878 g/mol. The van der Waals surface area contributed by atoms with Gasteiger partial charge in [-0.15, -0.1) is 11.3 Å². The molecule has 7 aromatic rings. The molecule has 0 bridgehead atoms. The molecule has 6 aliphatic rings. The molecule has 3 nitrogen and oxygen atoms in total. The molecule has 0 amide bonds. The van der Waals surface area contributed by atoms with Gasteiger partial charge >= 0.3 is 0 Å². The molecule has 2 saturated carbocycles. The molecule has 364 valence electrons. The Balaban J connectivity index is 1.21. The fourth-order valence-corrected chi connectivity index (χ4v) is 16.9. The highest BCUT2D eigenvalue weighted by molar-refractivity contribution is 7.26. The lowest BCUT2D eigenvalue weighted by Gasteiger charge is -2.54. The van der Waals surface area contributed by atoms with Crippen LogP contribution in [0.5, 0.6) is 0 Å². The third kappa shape index (κ3) is 5.85. The van der Waals surface area contributed by atoms with Crippen LogP contribution in [0.4, 0.5) is 39.8 Å². The molecule has 5 heterocycles. The Labute approximate surface area is 430 Å². The van der Waals surface area contributed by atoms with E-state index in [0.717, 1.165) is 0 Å². The van der Waals surface area contributed by atoms with Gasteiger partial charge in [0.25, 0.3) is 6.71 Å². The molecule has 4 unspecified atom stereocenters. The van der Waals surface area contributed by atoms with Gasteiger partial charge < -0.3 is 14.7 Å². The molecule has 0 spiro atoms. The van der Waals surface area contributed by atoms with Gasteiger partial charge in [0.2, 0.25) is 0 Å². The number of benzene rings is 6. The number of hydrogen-bond acceptors (Lipinski definition) is 4. The molecule has 2 fully saturated rings. The average Bonchev–Trinajstić information content (AvgIpc) is 3.86. The lowest BCUT2D eigenvalue weighted by molar-refractivity contribution is 0.194. The molecule has 1 aromatic heterocycles. The van der Waals surface area contributed by atoms with E-state index in [2.05, 4.69) is 210 Å². The second kappa shape index (κ2) is 14.4. The average molecular weight is 954 g/mol. The minimum absolute atomic E-state index is 0.00348. The molecule has 71 heavy (non-hydrogen) atoms. The first-order chi connectivity index (χ1) is 33.4. The van der Waals surface area contributed by atoms with Gasteiger partial charge in [0.15, 0.2) is 0 Å². The van der Waals surface area contributed by atoms with Crippen LogP contribution in [0.3, 0.4) is 0 Å². The summed E-state index contributed by atoms with van der Waals surface area (Å²) in [7, 11) is 0. The van der Waals surface area contributed by atoms with Gasteiger partial charge in [-0.3, -0.25) is 0 Å². The second-order valence-corrected chi connectivity index (χ2v) is 28.4. The van der Waals surface area contributed by atoms with Gasteiger partial charge in [-0.2, -0.15) is 0 Å². The van der Waals surface area contributed by atoms with Crippen LogP contribution in [0.2, 0.25) is 0 Å². The first-order valence-electron chi connectivity index (χ1n) is 27.4. The van der Waals surface area contributed by atoms with Crippen LogP contribution < -0.4 is 31.1 Å². The van der Waals surface area contributed by atoms with Gasteiger partial charge in [-0.05, 0) is 155 Å². The Morgan fingerprint density at radius 1 is 0.493 bits per heavy atom. The summed E-state index contributed by atoms with van der Waals surface area (Å²) in [5.74, 6) is 0. The zero-order valence-electron chi connectivity index (χ0n) is 45.6. The minimum atomic E-state index is -0.105. The van der Waals surface area contributed by atoms with Crippen molar-refractivity contribution in [3.63, 3.8) is 0 Å². The number of thiophene rings is 1. The van der Waals surface area contributed by atoms with Crippen molar-refractivity contribution in [3.05, 3.63) is 130 Å². The number of nitrogens with zero attached hydrogens (tertiary/aromatic N) is 3. The quantitative estimate of drug-likeness (QED) is 0.160.